The van der Waals surface area contributed by atoms with Crippen LogP contribution in [0.25, 0.3) is 22.4 Å². The number of carbonyl (C=O) groups is 1. The van der Waals surface area contributed by atoms with Gasteiger partial charge in [-0.25, -0.2) is 0 Å². The van der Waals surface area contributed by atoms with Gasteiger partial charge < -0.3 is 19.2 Å². The van der Waals surface area contributed by atoms with Gasteiger partial charge in [0.1, 0.15) is 23.3 Å². The molecule has 2 heterocycles. The van der Waals surface area contributed by atoms with Crippen LogP contribution in [-0.2, 0) is 16.6 Å². The number of phenolic OH excluding ortho intramolecular Hbond substituents is 1. The molecule has 0 saturated heterocycles. The molecule has 8 nitrogen and oxygen atoms in total. The monoisotopic (exact) mass is 403 g/mol. The third-order valence-electron chi connectivity index (χ3n) is 5.26. The number of carboxylic acid groups (broad SMARTS) is 1. The van der Waals surface area contributed by atoms with Gasteiger partial charge in [-0.3, -0.25) is 4.79 Å². The van der Waals surface area contributed by atoms with Crippen LogP contribution in [-0.4, -0.2) is 31.5 Å². The number of aliphatic carboxylic acids is 1. The zero-order valence-electron chi connectivity index (χ0n) is 15.8. The predicted octanol–water partition coefficient (Wildman–Crippen LogP) is 3.80. The topological polar surface area (TPSA) is 122 Å². The van der Waals surface area contributed by atoms with Crippen molar-refractivity contribution in [3.63, 3.8) is 0 Å². The van der Waals surface area contributed by atoms with E-state index in [1.165, 1.54) is 0 Å². The average molecular weight is 403 g/mol. The summed E-state index contributed by atoms with van der Waals surface area (Å²) in [4.78, 5) is 11.0. The molecule has 0 unspecified atom stereocenters. The van der Waals surface area contributed by atoms with Crippen LogP contribution in [0.5, 0.6) is 5.75 Å². The molecule has 1 aliphatic carbocycles. The van der Waals surface area contributed by atoms with E-state index >= 15 is 0 Å². The Morgan fingerprint density at radius 2 is 1.73 bits per heavy atom. The highest BCUT2D eigenvalue weighted by Gasteiger charge is 2.56. The Bertz CT molecular complexity index is 1210. The van der Waals surface area contributed by atoms with Crippen molar-refractivity contribution in [3.05, 3.63) is 72.1 Å². The first kappa shape index (κ1) is 18.1. The number of phenols is 1. The molecule has 5 rings (SSSR count). The Morgan fingerprint density at radius 1 is 1.00 bits per heavy atom. The molecule has 1 saturated carbocycles. The summed E-state index contributed by atoms with van der Waals surface area (Å²) in [5.41, 5.74) is 2.56. The lowest BCUT2D eigenvalue weighted by Crippen LogP contribution is -2.09. The van der Waals surface area contributed by atoms with Gasteiger partial charge >= 0.3 is 5.97 Å². The average Bonchev–Trinajstić information content (AvgIpc) is 3.20. The van der Waals surface area contributed by atoms with Gasteiger partial charge in [-0.05, 0) is 42.7 Å². The number of rotatable bonds is 6. The maximum absolute atomic E-state index is 11.0. The first-order chi connectivity index (χ1) is 14.6. The normalized spacial score (nSPS) is 14.5. The molecule has 8 heteroatoms. The van der Waals surface area contributed by atoms with Gasteiger partial charge in [-0.1, -0.05) is 35.5 Å². The maximum atomic E-state index is 11.0. The Labute approximate surface area is 170 Å². The van der Waals surface area contributed by atoms with Gasteiger partial charge in [0.05, 0.1) is 5.56 Å². The molecular formula is C22H17N3O5. The van der Waals surface area contributed by atoms with E-state index in [9.17, 15) is 9.90 Å². The summed E-state index contributed by atoms with van der Waals surface area (Å²) in [6, 6.07) is 16.5. The second kappa shape index (κ2) is 6.84. The molecule has 0 aliphatic heterocycles. The second-order valence-corrected chi connectivity index (χ2v) is 7.30. The van der Waals surface area contributed by atoms with Crippen LogP contribution in [0.4, 0.5) is 0 Å². The van der Waals surface area contributed by atoms with Crippen LogP contribution >= 0.6 is 0 Å². The lowest BCUT2D eigenvalue weighted by Gasteiger charge is -2.10. The molecule has 0 radical (unpaired) electrons. The largest absolute Gasteiger partial charge is 0.508 e. The van der Waals surface area contributed by atoms with Gasteiger partial charge in [-0.15, -0.1) is 10.2 Å². The Balaban J connectivity index is 1.64. The van der Waals surface area contributed by atoms with Crippen molar-refractivity contribution >= 4 is 5.97 Å². The summed E-state index contributed by atoms with van der Waals surface area (Å²) in [7, 11) is 0. The summed E-state index contributed by atoms with van der Waals surface area (Å²) < 4.78 is 11.5. The number of nitrogens with zero attached hydrogens (tertiary/aromatic N) is 3. The highest BCUT2D eigenvalue weighted by Crippen LogP contribution is 2.56. The van der Waals surface area contributed by atoms with Crippen LogP contribution in [0, 0.1) is 0 Å². The SMILES string of the molecule is O=C(O)Cc1nnc(C2(c3onc(-c4ccc(O)cc4)c3-c3ccccc3)CC2)o1. The fraction of sp³-hybridized carbons (Fsp3) is 0.182. The summed E-state index contributed by atoms with van der Waals surface area (Å²) in [5, 5.41) is 30.9. The van der Waals surface area contributed by atoms with Crippen molar-refractivity contribution in [2.75, 3.05) is 0 Å². The fourth-order valence-electron chi connectivity index (χ4n) is 3.62. The molecule has 0 bridgehead atoms. The van der Waals surface area contributed by atoms with E-state index in [-0.39, 0.29) is 18.1 Å². The number of benzene rings is 2. The van der Waals surface area contributed by atoms with Crippen LogP contribution in [0.15, 0.2) is 63.5 Å². The van der Waals surface area contributed by atoms with Crippen molar-refractivity contribution in [1.82, 2.24) is 15.4 Å². The highest BCUT2D eigenvalue weighted by molar-refractivity contribution is 5.83. The Morgan fingerprint density at radius 3 is 2.40 bits per heavy atom. The molecule has 2 aromatic carbocycles. The highest BCUT2D eigenvalue weighted by atomic mass is 16.5. The van der Waals surface area contributed by atoms with Crippen LogP contribution < -0.4 is 0 Å². The molecule has 2 aromatic heterocycles. The Kier molecular flexibility index (Phi) is 4.13. The standard InChI is InChI=1S/C22H17N3O5/c26-15-8-6-14(7-9-15)19-18(13-4-2-1-3-5-13)20(30-25-19)22(10-11-22)21-24-23-16(29-21)12-17(27)28/h1-9,26H,10-12H2,(H,27,28). The number of carboxylic acids is 1. The van der Waals surface area contributed by atoms with Gasteiger partial charge in [0.15, 0.2) is 5.76 Å². The van der Waals surface area contributed by atoms with E-state index in [0.717, 1.165) is 29.5 Å². The molecule has 0 amide bonds. The minimum absolute atomic E-state index is 0.0586. The van der Waals surface area contributed by atoms with Crippen molar-refractivity contribution < 1.29 is 23.9 Å². The molecule has 1 fully saturated rings. The molecule has 0 atom stereocenters. The maximum Gasteiger partial charge on any atom is 0.312 e. The van der Waals surface area contributed by atoms with Crippen molar-refractivity contribution in [2.24, 2.45) is 0 Å². The van der Waals surface area contributed by atoms with E-state index in [1.54, 1.807) is 24.3 Å². The van der Waals surface area contributed by atoms with Crippen molar-refractivity contribution in [3.8, 4) is 28.1 Å². The second-order valence-electron chi connectivity index (χ2n) is 7.30. The summed E-state index contributed by atoms with van der Waals surface area (Å²) in [5.74, 6) is 0.142. The number of hydrogen-bond donors (Lipinski definition) is 2. The lowest BCUT2D eigenvalue weighted by molar-refractivity contribution is -0.136. The van der Waals surface area contributed by atoms with Crippen LogP contribution in [0.1, 0.15) is 30.4 Å². The van der Waals surface area contributed by atoms with Gasteiger partial charge in [0.2, 0.25) is 11.8 Å². The fourth-order valence-corrected chi connectivity index (χ4v) is 3.62. The Hall–Kier alpha value is -3.94. The first-order valence-electron chi connectivity index (χ1n) is 9.46. The van der Waals surface area contributed by atoms with Gasteiger partial charge in [-0.2, -0.15) is 0 Å². The third kappa shape index (κ3) is 3.02. The summed E-state index contributed by atoms with van der Waals surface area (Å²) >= 11 is 0. The zero-order valence-corrected chi connectivity index (χ0v) is 15.8. The van der Waals surface area contributed by atoms with E-state index in [0.29, 0.717) is 17.3 Å². The van der Waals surface area contributed by atoms with E-state index in [4.69, 9.17) is 14.0 Å². The van der Waals surface area contributed by atoms with Crippen molar-refractivity contribution in [2.45, 2.75) is 24.7 Å². The van der Waals surface area contributed by atoms with Crippen molar-refractivity contribution in [1.29, 1.82) is 0 Å². The number of hydrogen-bond acceptors (Lipinski definition) is 7. The number of aromatic nitrogens is 3. The summed E-state index contributed by atoms with van der Waals surface area (Å²) in [6.45, 7) is 0. The summed E-state index contributed by atoms with van der Waals surface area (Å²) in [6.07, 6.45) is 1.13. The smallest absolute Gasteiger partial charge is 0.312 e. The van der Waals surface area contributed by atoms with E-state index in [1.807, 2.05) is 30.3 Å². The third-order valence-corrected chi connectivity index (χ3v) is 5.26. The van der Waals surface area contributed by atoms with Crippen LogP contribution in [0.3, 0.4) is 0 Å². The van der Waals surface area contributed by atoms with E-state index in [2.05, 4.69) is 15.4 Å². The predicted molar refractivity (Wildman–Crippen MR) is 105 cm³/mol. The molecule has 0 spiro atoms. The molecular weight excluding hydrogens is 386 g/mol. The number of aromatic hydroxyl groups is 1. The lowest BCUT2D eigenvalue weighted by atomic mass is 9.92. The first-order valence-corrected chi connectivity index (χ1v) is 9.46. The molecule has 1 aliphatic rings. The minimum Gasteiger partial charge on any atom is -0.508 e. The van der Waals surface area contributed by atoms with Crippen LogP contribution in [0.2, 0.25) is 0 Å². The van der Waals surface area contributed by atoms with E-state index < -0.39 is 11.4 Å². The molecule has 30 heavy (non-hydrogen) atoms. The van der Waals surface area contributed by atoms with Gasteiger partial charge in [0.25, 0.3) is 0 Å². The quantitative estimate of drug-likeness (QED) is 0.498. The van der Waals surface area contributed by atoms with Gasteiger partial charge in [0, 0.05) is 5.56 Å². The molecule has 150 valence electrons. The minimum atomic E-state index is -1.03. The zero-order chi connectivity index (χ0) is 20.7. The molecule has 2 N–H and O–H groups in total. The molecule has 4 aromatic rings.